The van der Waals surface area contributed by atoms with Crippen molar-refractivity contribution in [3.05, 3.63) is 34.5 Å². The topological polar surface area (TPSA) is 62.6 Å². The van der Waals surface area contributed by atoms with E-state index in [1.54, 1.807) is 18.0 Å². The van der Waals surface area contributed by atoms with Crippen molar-refractivity contribution in [3.63, 3.8) is 0 Å². The monoisotopic (exact) mass is 334 g/mol. The first kappa shape index (κ1) is 15.9. The van der Waals surface area contributed by atoms with Crippen LogP contribution in [0.1, 0.15) is 35.4 Å². The van der Waals surface area contributed by atoms with Crippen molar-refractivity contribution in [1.29, 1.82) is 0 Å². The highest BCUT2D eigenvalue weighted by Crippen LogP contribution is 2.32. The maximum absolute atomic E-state index is 12.9. The van der Waals surface area contributed by atoms with Gasteiger partial charge in [-0.25, -0.2) is 0 Å². The summed E-state index contributed by atoms with van der Waals surface area (Å²) < 4.78 is 5.75. The molecule has 0 aliphatic carbocycles. The fourth-order valence-electron chi connectivity index (χ4n) is 3.16. The number of nitrogens with zero attached hydrogens (tertiary/aromatic N) is 1. The summed E-state index contributed by atoms with van der Waals surface area (Å²) in [7, 11) is 1.59. The van der Waals surface area contributed by atoms with Crippen LogP contribution in [0.5, 0.6) is 0 Å². The number of aryl methyl sites for hydroxylation is 1. The molecule has 5 nitrogen and oxygen atoms in total. The Hall–Kier alpha value is -2.01. The van der Waals surface area contributed by atoms with Crippen LogP contribution in [0.3, 0.4) is 0 Å². The molecule has 122 valence electrons. The Morgan fingerprint density at radius 1 is 1.35 bits per heavy atom. The fourth-order valence-corrected chi connectivity index (χ4v) is 3.37. The minimum atomic E-state index is -0.440. The van der Waals surface area contributed by atoms with Crippen LogP contribution in [0.25, 0.3) is 11.0 Å². The summed E-state index contributed by atoms with van der Waals surface area (Å²) in [6, 6.07) is 5.00. The van der Waals surface area contributed by atoms with Crippen molar-refractivity contribution in [2.45, 2.75) is 32.2 Å². The van der Waals surface area contributed by atoms with Gasteiger partial charge in [0.2, 0.25) is 5.91 Å². The highest BCUT2D eigenvalue weighted by atomic mass is 35.5. The Bertz CT molecular complexity index is 769. The molecule has 1 aliphatic heterocycles. The van der Waals surface area contributed by atoms with E-state index in [1.807, 2.05) is 19.1 Å². The number of amides is 2. The summed E-state index contributed by atoms with van der Waals surface area (Å²) in [6.45, 7) is 2.40. The summed E-state index contributed by atoms with van der Waals surface area (Å²) in [5.74, 6) is -0.114. The van der Waals surface area contributed by atoms with E-state index in [4.69, 9.17) is 16.0 Å². The molecule has 1 saturated heterocycles. The van der Waals surface area contributed by atoms with Gasteiger partial charge in [-0.05, 0) is 32.3 Å². The Morgan fingerprint density at radius 2 is 2.13 bits per heavy atom. The fraction of sp³-hybridized carbons (Fsp3) is 0.412. The SMILES string of the molecule is CNC(=O)[C@H]1CCCCN1C(=O)c1oc2c(Cl)cccc2c1C. The van der Waals surface area contributed by atoms with Gasteiger partial charge in [0.1, 0.15) is 6.04 Å². The Labute approximate surface area is 139 Å². The third-order valence-corrected chi connectivity index (χ3v) is 4.72. The molecule has 1 N–H and O–H groups in total. The van der Waals surface area contributed by atoms with Gasteiger partial charge in [-0.3, -0.25) is 9.59 Å². The number of para-hydroxylation sites is 1. The van der Waals surface area contributed by atoms with Crippen LogP contribution in [0, 0.1) is 6.92 Å². The highest BCUT2D eigenvalue weighted by molar-refractivity contribution is 6.35. The predicted octanol–water partition coefficient (Wildman–Crippen LogP) is 3.14. The molecule has 2 heterocycles. The Kier molecular flexibility index (Phi) is 4.31. The number of nitrogens with one attached hydrogen (secondary N) is 1. The average Bonchev–Trinajstić information content (AvgIpc) is 2.92. The molecule has 0 bridgehead atoms. The van der Waals surface area contributed by atoms with Gasteiger partial charge in [-0.2, -0.15) is 0 Å². The van der Waals surface area contributed by atoms with Crippen LogP contribution < -0.4 is 5.32 Å². The lowest BCUT2D eigenvalue weighted by Gasteiger charge is -2.33. The molecule has 2 amide bonds. The van der Waals surface area contributed by atoms with E-state index in [1.165, 1.54) is 0 Å². The number of furan rings is 1. The molecule has 1 fully saturated rings. The van der Waals surface area contributed by atoms with E-state index in [2.05, 4.69) is 5.32 Å². The van der Waals surface area contributed by atoms with Crippen LogP contribution in [-0.2, 0) is 4.79 Å². The highest BCUT2D eigenvalue weighted by Gasteiger charge is 2.34. The van der Waals surface area contributed by atoms with Gasteiger partial charge in [0, 0.05) is 24.5 Å². The summed E-state index contributed by atoms with van der Waals surface area (Å²) in [4.78, 5) is 26.6. The van der Waals surface area contributed by atoms with Crippen LogP contribution in [-0.4, -0.2) is 36.3 Å². The van der Waals surface area contributed by atoms with Crippen molar-refractivity contribution >= 4 is 34.4 Å². The second-order valence-corrected chi connectivity index (χ2v) is 6.20. The number of benzene rings is 1. The number of halogens is 1. The molecule has 0 radical (unpaired) electrons. The van der Waals surface area contributed by atoms with Crippen LogP contribution in [0.4, 0.5) is 0 Å². The first-order chi connectivity index (χ1) is 11.0. The molecule has 1 aromatic heterocycles. The predicted molar refractivity (Wildman–Crippen MR) is 88.7 cm³/mol. The number of carbonyl (C=O) groups excluding carboxylic acids is 2. The van der Waals surface area contributed by atoms with Crippen molar-refractivity contribution in [2.24, 2.45) is 0 Å². The summed E-state index contributed by atoms with van der Waals surface area (Å²) in [5, 5.41) is 3.94. The van der Waals surface area contributed by atoms with Gasteiger partial charge in [0.05, 0.1) is 5.02 Å². The minimum Gasteiger partial charge on any atom is -0.449 e. The number of hydrogen-bond acceptors (Lipinski definition) is 3. The number of piperidine rings is 1. The normalized spacial score (nSPS) is 18.2. The molecule has 6 heteroatoms. The van der Waals surface area contributed by atoms with Gasteiger partial charge in [0.25, 0.3) is 5.91 Å². The summed E-state index contributed by atoms with van der Waals surface area (Å²) in [5.41, 5.74) is 1.28. The molecular weight excluding hydrogens is 316 g/mol. The summed E-state index contributed by atoms with van der Waals surface area (Å²) in [6.07, 6.45) is 2.50. The zero-order chi connectivity index (χ0) is 16.6. The minimum absolute atomic E-state index is 0.134. The molecule has 0 spiro atoms. The number of likely N-dealkylation sites (tertiary alicyclic amines) is 1. The van der Waals surface area contributed by atoms with E-state index in [9.17, 15) is 9.59 Å². The van der Waals surface area contributed by atoms with Crippen molar-refractivity contribution in [3.8, 4) is 0 Å². The van der Waals surface area contributed by atoms with Gasteiger partial charge in [-0.1, -0.05) is 23.7 Å². The summed E-state index contributed by atoms with van der Waals surface area (Å²) >= 11 is 6.15. The number of fused-ring (bicyclic) bond motifs is 1. The van der Waals surface area contributed by atoms with Crippen molar-refractivity contribution in [1.82, 2.24) is 10.2 Å². The second-order valence-electron chi connectivity index (χ2n) is 5.80. The van der Waals surface area contributed by atoms with E-state index < -0.39 is 6.04 Å². The van der Waals surface area contributed by atoms with E-state index >= 15 is 0 Å². The lowest BCUT2D eigenvalue weighted by atomic mass is 10.0. The van der Waals surface area contributed by atoms with Gasteiger partial charge >= 0.3 is 0 Å². The first-order valence-electron chi connectivity index (χ1n) is 7.74. The molecule has 0 saturated carbocycles. The average molecular weight is 335 g/mol. The Morgan fingerprint density at radius 3 is 2.83 bits per heavy atom. The lowest BCUT2D eigenvalue weighted by molar-refractivity contribution is -0.126. The van der Waals surface area contributed by atoms with Crippen LogP contribution in [0.2, 0.25) is 5.02 Å². The molecule has 23 heavy (non-hydrogen) atoms. The van der Waals surface area contributed by atoms with Crippen LogP contribution in [0.15, 0.2) is 22.6 Å². The van der Waals surface area contributed by atoms with Crippen molar-refractivity contribution < 1.29 is 14.0 Å². The van der Waals surface area contributed by atoms with Gasteiger partial charge < -0.3 is 14.6 Å². The molecule has 1 aromatic carbocycles. The molecular formula is C17H19ClN2O3. The Balaban J connectivity index is 2.00. The van der Waals surface area contributed by atoms with Gasteiger partial charge in [-0.15, -0.1) is 0 Å². The second kappa shape index (κ2) is 6.24. The van der Waals surface area contributed by atoms with E-state index in [0.717, 1.165) is 23.8 Å². The smallest absolute Gasteiger partial charge is 0.290 e. The lowest BCUT2D eigenvalue weighted by Crippen LogP contribution is -2.51. The van der Waals surface area contributed by atoms with Crippen LogP contribution >= 0.6 is 11.6 Å². The first-order valence-corrected chi connectivity index (χ1v) is 8.12. The molecule has 0 unspecified atom stereocenters. The maximum atomic E-state index is 12.9. The largest absolute Gasteiger partial charge is 0.449 e. The molecule has 3 rings (SSSR count). The molecule has 1 atom stereocenters. The number of carbonyl (C=O) groups is 2. The van der Waals surface area contributed by atoms with Gasteiger partial charge in [0.15, 0.2) is 11.3 Å². The quantitative estimate of drug-likeness (QED) is 0.917. The number of rotatable bonds is 2. The van der Waals surface area contributed by atoms with E-state index in [-0.39, 0.29) is 17.6 Å². The number of hydrogen-bond donors (Lipinski definition) is 1. The third-order valence-electron chi connectivity index (χ3n) is 4.42. The zero-order valence-electron chi connectivity index (χ0n) is 13.2. The van der Waals surface area contributed by atoms with Crippen molar-refractivity contribution in [2.75, 3.05) is 13.6 Å². The molecule has 2 aromatic rings. The molecule has 1 aliphatic rings. The van der Waals surface area contributed by atoms with E-state index in [0.29, 0.717) is 23.6 Å². The maximum Gasteiger partial charge on any atom is 0.290 e. The number of likely N-dealkylation sites (N-methyl/N-ethyl adjacent to an activating group) is 1. The standard InChI is InChI=1S/C17H19ClN2O3/c1-10-11-6-5-7-12(18)15(11)23-14(10)17(22)20-9-4-3-8-13(20)16(21)19-2/h5-7,13H,3-4,8-9H2,1-2H3,(H,19,21)/t13-/m1/s1. The zero-order valence-corrected chi connectivity index (χ0v) is 13.9. The third kappa shape index (κ3) is 2.70.